The average Bonchev–Trinajstić information content (AvgIpc) is 3.23. The molecule has 0 saturated carbocycles. The Bertz CT molecular complexity index is 959. The van der Waals surface area contributed by atoms with Crippen LogP contribution in [0.1, 0.15) is 18.2 Å². The topological polar surface area (TPSA) is 51.9 Å². The van der Waals surface area contributed by atoms with Crippen molar-refractivity contribution in [3.8, 4) is 5.75 Å². The molecule has 152 valence electrons. The number of methoxy groups -OCH3 is 1. The quantitative estimate of drug-likeness (QED) is 0.549. The predicted octanol–water partition coefficient (Wildman–Crippen LogP) is 4.70. The first-order chi connectivity index (χ1) is 14.0. The molecule has 0 saturated heterocycles. The Kier molecular flexibility index (Phi) is 6.61. The van der Waals surface area contributed by atoms with Crippen LogP contribution in [0.3, 0.4) is 0 Å². The molecule has 0 N–H and O–H groups in total. The molecule has 0 fully saturated rings. The number of amides is 1. The zero-order valence-corrected chi connectivity index (χ0v) is 16.1. The SMILES string of the molecule is COc1cccc(COC(C)C(=O)N(Cc2ccco2)c2ccc(F)cc2F)c1. The van der Waals surface area contributed by atoms with Crippen LogP contribution in [0.15, 0.2) is 65.3 Å². The summed E-state index contributed by atoms with van der Waals surface area (Å²) in [7, 11) is 1.57. The Balaban J connectivity index is 1.77. The van der Waals surface area contributed by atoms with Gasteiger partial charge < -0.3 is 13.9 Å². The van der Waals surface area contributed by atoms with Gasteiger partial charge in [0.25, 0.3) is 5.91 Å². The lowest BCUT2D eigenvalue weighted by Gasteiger charge is -2.25. The van der Waals surface area contributed by atoms with Crippen molar-refractivity contribution in [2.75, 3.05) is 12.0 Å². The van der Waals surface area contributed by atoms with Crippen LogP contribution in [0.4, 0.5) is 14.5 Å². The molecule has 3 rings (SSSR count). The fourth-order valence-corrected chi connectivity index (χ4v) is 2.81. The number of benzene rings is 2. The van der Waals surface area contributed by atoms with E-state index in [1.807, 2.05) is 12.1 Å². The van der Waals surface area contributed by atoms with Crippen molar-refractivity contribution in [1.29, 1.82) is 0 Å². The second-order valence-corrected chi connectivity index (χ2v) is 6.40. The summed E-state index contributed by atoms with van der Waals surface area (Å²) in [6, 6.07) is 13.7. The first-order valence-corrected chi connectivity index (χ1v) is 9.01. The van der Waals surface area contributed by atoms with Crippen molar-refractivity contribution in [3.63, 3.8) is 0 Å². The molecular weight excluding hydrogens is 380 g/mol. The minimum atomic E-state index is -0.874. The van der Waals surface area contributed by atoms with Gasteiger partial charge in [0.05, 0.1) is 32.2 Å². The molecule has 29 heavy (non-hydrogen) atoms. The fourth-order valence-electron chi connectivity index (χ4n) is 2.81. The van der Waals surface area contributed by atoms with E-state index in [4.69, 9.17) is 13.9 Å². The maximum Gasteiger partial charge on any atom is 0.256 e. The standard InChI is InChI=1S/C22H21F2NO4/c1-15(29-14-16-5-3-6-18(11-16)27-2)22(26)25(13-19-7-4-10-28-19)21-9-8-17(23)12-20(21)24/h3-12,15H,13-14H2,1-2H3. The molecule has 1 atom stereocenters. The van der Waals surface area contributed by atoms with Gasteiger partial charge in [-0.05, 0) is 48.9 Å². The highest BCUT2D eigenvalue weighted by Gasteiger charge is 2.26. The zero-order chi connectivity index (χ0) is 20.8. The minimum Gasteiger partial charge on any atom is -0.497 e. The number of ether oxygens (including phenoxy) is 2. The zero-order valence-electron chi connectivity index (χ0n) is 16.1. The Labute approximate surface area is 167 Å². The van der Waals surface area contributed by atoms with E-state index in [2.05, 4.69) is 0 Å². The number of halogens is 2. The van der Waals surface area contributed by atoms with E-state index in [1.54, 1.807) is 38.3 Å². The van der Waals surface area contributed by atoms with Crippen molar-refractivity contribution < 1.29 is 27.5 Å². The molecule has 0 aliphatic heterocycles. The Morgan fingerprint density at radius 3 is 2.66 bits per heavy atom. The monoisotopic (exact) mass is 401 g/mol. The number of furan rings is 1. The van der Waals surface area contributed by atoms with Crippen LogP contribution in [-0.4, -0.2) is 19.1 Å². The number of hydrogen-bond donors (Lipinski definition) is 0. The highest BCUT2D eigenvalue weighted by molar-refractivity contribution is 5.96. The smallest absolute Gasteiger partial charge is 0.256 e. The van der Waals surface area contributed by atoms with E-state index in [1.165, 1.54) is 17.2 Å². The maximum absolute atomic E-state index is 14.4. The molecule has 7 heteroatoms. The van der Waals surface area contributed by atoms with Gasteiger partial charge in [0, 0.05) is 6.07 Å². The lowest BCUT2D eigenvalue weighted by atomic mass is 10.2. The molecule has 0 aliphatic carbocycles. The van der Waals surface area contributed by atoms with Gasteiger partial charge in [-0.15, -0.1) is 0 Å². The lowest BCUT2D eigenvalue weighted by molar-refractivity contribution is -0.130. The molecule has 1 heterocycles. The number of nitrogens with zero attached hydrogens (tertiary/aromatic N) is 1. The van der Waals surface area contributed by atoms with Gasteiger partial charge in [-0.2, -0.15) is 0 Å². The summed E-state index contributed by atoms with van der Waals surface area (Å²) < 4.78 is 43.9. The fraction of sp³-hybridized carbons (Fsp3) is 0.227. The van der Waals surface area contributed by atoms with Gasteiger partial charge in [0.1, 0.15) is 29.2 Å². The second-order valence-electron chi connectivity index (χ2n) is 6.40. The Morgan fingerprint density at radius 2 is 1.97 bits per heavy atom. The van der Waals surface area contributed by atoms with Crippen LogP contribution >= 0.6 is 0 Å². The van der Waals surface area contributed by atoms with Crippen molar-refractivity contribution in [3.05, 3.63) is 83.8 Å². The third-order valence-corrected chi connectivity index (χ3v) is 4.34. The Morgan fingerprint density at radius 1 is 1.14 bits per heavy atom. The summed E-state index contributed by atoms with van der Waals surface area (Å²) in [5.41, 5.74) is 0.777. The molecule has 5 nitrogen and oxygen atoms in total. The molecule has 1 aromatic heterocycles. The summed E-state index contributed by atoms with van der Waals surface area (Å²) in [5, 5.41) is 0. The average molecular weight is 401 g/mol. The largest absolute Gasteiger partial charge is 0.497 e. The minimum absolute atomic E-state index is 0.0127. The molecule has 2 aromatic carbocycles. The maximum atomic E-state index is 14.4. The molecular formula is C22H21F2NO4. The van der Waals surface area contributed by atoms with Crippen LogP contribution in [0.5, 0.6) is 5.75 Å². The number of rotatable bonds is 8. The molecule has 0 bridgehead atoms. The number of hydrogen-bond acceptors (Lipinski definition) is 4. The van der Waals surface area contributed by atoms with Gasteiger partial charge in [0.15, 0.2) is 0 Å². The van der Waals surface area contributed by atoms with Crippen molar-refractivity contribution in [2.24, 2.45) is 0 Å². The van der Waals surface area contributed by atoms with Gasteiger partial charge in [-0.1, -0.05) is 12.1 Å². The summed E-state index contributed by atoms with van der Waals surface area (Å²) in [6.45, 7) is 1.74. The van der Waals surface area contributed by atoms with Crippen LogP contribution in [0.25, 0.3) is 0 Å². The van der Waals surface area contributed by atoms with Gasteiger partial charge >= 0.3 is 0 Å². The third kappa shape index (κ3) is 5.20. The first-order valence-electron chi connectivity index (χ1n) is 9.01. The summed E-state index contributed by atoms with van der Waals surface area (Å²) in [5.74, 6) is -0.904. The summed E-state index contributed by atoms with van der Waals surface area (Å²) in [4.78, 5) is 14.2. The molecule has 0 aliphatic rings. The van der Waals surface area contributed by atoms with Gasteiger partial charge in [-0.3, -0.25) is 9.69 Å². The third-order valence-electron chi connectivity index (χ3n) is 4.34. The molecule has 3 aromatic rings. The number of carbonyl (C=O) groups excluding carboxylic acids is 1. The normalized spacial score (nSPS) is 11.9. The molecule has 1 unspecified atom stereocenters. The van der Waals surface area contributed by atoms with Crippen LogP contribution in [0, 0.1) is 11.6 Å². The van der Waals surface area contributed by atoms with E-state index in [0.29, 0.717) is 11.5 Å². The lowest BCUT2D eigenvalue weighted by Crippen LogP contribution is -2.39. The van der Waals surface area contributed by atoms with Gasteiger partial charge in [0.2, 0.25) is 0 Å². The highest BCUT2D eigenvalue weighted by Crippen LogP contribution is 2.24. The van der Waals surface area contributed by atoms with Crippen molar-refractivity contribution in [1.82, 2.24) is 0 Å². The van der Waals surface area contributed by atoms with E-state index < -0.39 is 23.6 Å². The molecule has 0 radical (unpaired) electrons. The van der Waals surface area contributed by atoms with E-state index in [9.17, 15) is 13.6 Å². The van der Waals surface area contributed by atoms with Crippen molar-refractivity contribution >= 4 is 11.6 Å². The van der Waals surface area contributed by atoms with Crippen LogP contribution in [-0.2, 0) is 22.7 Å². The Hall–Kier alpha value is -3.19. The van der Waals surface area contributed by atoms with E-state index in [-0.39, 0.29) is 18.8 Å². The predicted molar refractivity (Wildman–Crippen MR) is 104 cm³/mol. The summed E-state index contributed by atoms with van der Waals surface area (Å²) in [6.07, 6.45) is 0.586. The second kappa shape index (κ2) is 9.34. The van der Waals surface area contributed by atoms with Crippen LogP contribution in [0.2, 0.25) is 0 Å². The first kappa shape index (κ1) is 20.5. The van der Waals surface area contributed by atoms with E-state index in [0.717, 1.165) is 17.7 Å². The summed E-state index contributed by atoms with van der Waals surface area (Å²) >= 11 is 0. The molecule has 1 amide bonds. The number of anilines is 1. The molecule has 0 spiro atoms. The van der Waals surface area contributed by atoms with Crippen LogP contribution < -0.4 is 9.64 Å². The highest BCUT2D eigenvalue weighted by atomic mass is 19.1. The van der Waals surface area contributed by atoms with Gasteiger partial charge in [-0.25, -0.2) is 8.78 Å². The van der Waals surface area contributed by atoms with E-state index >= 15 is 0 Å². The number of carbonyl (C=O) groups is 1. The van der Waals surface area contributed by atoms with Crippen molar-refractivity contribution in [2.45, 2.75) is 26.2 Å².